The van der Waals surface area contributed by atoms with Crippen LogP contribution in [0.4, 0.5) is 0 Å². The fraction of sp³-hybridized carbons (Fsp3) is 0.400. The molecule has 0 bridgehead atoms. The molecule has 0 saturated carbocycles. The average molecular weight is 289 g/mol. The van der Waals surface area contributed by atoms with Crippen molar-refractivity contribution in [1.29, 1.82) is 0 Å². The molecule has 3 rings (SSSR count). The fourth-order valence-electron chi connectivity index (χ4n) is 2.77. The van der Waals surface area contributed by atoms with Crippen molar-refractivity contribution in [3.8, 4) is 11.5 Å². The highest BCUT2D eigenvalue weighted by Crippen LogP contribution is 2.39. The fourth-order valence-corrected chi connectivity index (χ4v) is 2.98. The summed E-state index contributed by atoms with van der Waals surface area (Å²) in [5, 5.41) is 0.562. The third-order valence-corrected chi connectivity index (χ3v) is 3.99. The van der Waals surface area contributed by atoms with Gasteiger partial charge in [-0.15, -0.1) is 0 Å². The molecular weight excluding hydrogens is 272 g/mol. The van der Waals surface area contributed by atoms with Crippen molar-refractivity contribution in [3.63, 3.8) is 0 Å². The Hall–Kier alpha value is -1.52. The van der Waals surface area contributed by atoms with Crippen LogP contribution in [0.2, 0.25) is 5.02 Å². The molecule has 4 nitrogen and oxygen atoms in total. The van der Waals surface area contributed by atoms with Gasteiger partial charge < -0.3 is 5.73 Å². The molecule has 104 valence electrons. The molecule has 20 heavy (non-hydrogen) atoms. The quantitative estimate of drug-likeness (QED) is 0.875. The van der Waals surface area contributed by atoms with Gasteiger partial charge in [-0.3, -0.25) is 4.98 Å². The van der Waals surface area contributed by atoms with E-state index < -0.39 is 0 Å². The lowest BCUT2D eigenvalue weighted by atomic mass is 9.74. The molecule has 0 spiro atoms. The largest absolute Gasteiger partial charge is 0.324 e. The molecule has 5 heteroatoms. The number of hydrogen-bond donors (Lipinski definition) is 1. The first-order valence-electron chi connectivity index (χ1n) is 6.68. The predicted molar refractivity (Wildman–Crippen MR) is 79.3 cm³/mol. The predicted octanol–water partition coefficient (Wildman–Crippen LogP) is 3.16. The van der Waals surface area contributed by atoms with E-state index in [0.29, 0.717) is 16.5 Å². The van der Waals surface area contributed by atoms with Crippen molar-refractivity contribution in [2.24, 2.45) is 11.1 Å². The summed E-state index contributed by atoms with van der Waals surface area (Å²) >= 11 is 6.16. The molecule has 0 aromatic carbocycles. The number of nitrogens with two attached hydrogens (primary N) is 1. The smallest absolute Gasteiger partial charge is 0.179 e. The summed E-state index contributed by atoms with van der Waals surface area (Å²) in [6.07, 6.45) is 5.37. The number of aromatic nitrogens is 3. The molecule has 2 heterocycles. The van der Waals surface area contributed by atoms with E-state index in [9.17, 15) is 0 Å². The van der Waals surface area contributed by atoms with E-state index in [1.807, 2.05) is 6.20 Å². The molecule has 0 fully saturated rings. The Balaban J connectivity index is 2.08. The normalized spacial score (nSPS) is 20.5. The van der Waals surface area contributed by atoms with Crippen LogP contribution in [0.25, 0.3) is 11.5 Å². The molecular formula is C15H17ClN4. The minimum Gasteiger partial charge on any atom is -0.324 e. The molecule has 1 aliphatic carbocycles. The molecule has 1 unspecified atom stereocenters. The van der Waals surface area contributed by atoms with Crippen molar-refractivity contribution in [1.82, 2.24) is 15.0 Å². The standard InChI is InChI=1S/C15H17ClN4/c1-15(2)6-11(17)9-8-19-14(20-12(9)7-15)13-10(16)4-3-5-18-13/h3-5,8,11H,6-7,17H2,1-2H3. The number of halogens is 1. The van der Waals surface area contributed by atoms with Crippen molar-refractivity contribution < 1.29 is 0 Å². The van der Waals surface area contributed by atoms with Crippen molar-refractivity contribution in [2.75, 3.05) is 0 Å². The van der Waals surface area contributed by atoms with Crippen LogP contribution in [-0.4, -0.2) is 15.0 Å². The molecule has 0 radical (unpaired) electrons. The zero-order chi connectivity index (χ0) is 14.3. The van der Waals surface area contributed by atoms with Crippen LogP contribution < -0.4 is 5.73 Å². The summed E-state index contributed by atoms with van der Waals surface area (Å²) in [7, 11) is 0. The lowest BCUT2D eigenvalue weighted by Crippen LogP contribution is -2.30. The number of nitrogens with zero attached hydrogens (tertiary/aromatic N) is 3. The van der Waals surface area contributed by atoms with E-state index in [1.54, 1.807) is 18.3 Å². The van der Waals surface area contributed by atoms with Crippen LogP contribution in [0, 0.1) is 5.41 Å². The van der Waals surface area contributed by atoms with Crippen LogP contribution in [0.3, 0.4) is 0 Å². The van der Waals surface area contributed by atoms with Crippen LogP contribution in [0.5, 0.6) is 0 Å². The maximum Gasteiger partial charge on any atom is 0.179 e. The van der Waals surface area contributed by atoms with Gasteiger partial charge in [0.1, 0.15) is 5.69 Å². The van der Waals surface area contributed by atoms with Gasteiger partial charge in [-0.2, -0.15) is 0 Å². The van der Waals surface area contributed by atoms with Crippen LogP contribution in [-0.2, 0) is 6.42 Å². The summed E-state index contributed by atoms with van der Waals surface area (Å²) in [5.41, 5.74) is 9.05. The van der Waals surface area contributed by atoms with Gasteiger partial charge in [0.15, 0.2) is 5.82 Å². The van der Waals surface area contributed by atoms with E-state index in [1.165, 1.54) is 0 Å². The lowest BCUT2D eigenvalue weighted by Gasteiger charge is -2.34. The van der Waals surface area contributed by atoms with Gasteiger partial charge in [0, 0.05) is 29.7 Å². The Morgan fingerprint density at radius 1 is 1.35 bits per heavy atom. The lowest BCUT2D eigenvalue weighted by molar-refractivity contribution is 0.278. The second-order valence-corrected chi connectivity index (χ2v) is 6.49. The van der Waals surface area contributed by atoms with Gasteiger partial charge in [0.25, 0.3) is 0 Å². The summed E-state index contributed by atoms with van der Waals surface area (Å²) in [6.45, 7) is 4.43. The summed E-state index contributed by atoms with van der Waals surface area (Å²) in [5.74, 6) is 0.569. The first-order valence-corrected chi connectivity index (χ1v) is 7.06. The number of fused-ring (bicyclic) bond motifs is 1. The maximum atomic E-state index is 6.22. The molecule has 1 aliphatic rings. The first kappa shape index (κ1) is 13.5. The Morgan fingerprint density at radius 3 is 2.90 bits per heavy atom. The minimum atomic E-state index is 0.00186. The maximum absolute atomic E-state index is 6.22. The number of pyridine rings is 1. The van der Waals surface area contributed by atoms with E-state index >= 15 is 0 Å². The second kappa shape index (κ2) is 4.79. The zero-order valence-electron chi connectivity index (χ0n) is 11.6. The topological polar surface area (TPSA) is 64.7 Å². The SMILES string of the molecule is CC1(C)Cc2nc(-c3ncccc3Cl)ncc2C(N)C1. The zero-order valence-corrected chi connectivity index (χ0v) is 12.4. The highest BCUT2D eigenvalue weighted by atomic mass is 35.5. The molecule has 0 saturated heterocycles. The minimum absolute atomic E-state index is 0.00186. The summed E-state index contributed by atoms with van der Waals surface area (Å²) in [4.78, 5) is 13.3. The summed E-state index contributed by atoms with van der Waals surface area (Å²) in [6, 6.07) is 3.59. The molecule has 2 aromatic rings. The Labute approximate surface area is 123 Å². The Morgan fingerprint density at radius 2 is 2.15 bits per heavy atom. The average Bonchev–Trinajstić information content (AvgIpc) is 2.37. The monoisotopic (exact) mass is 288 g/mol. The van der Waals surface area contributed by atoms with Crippen LogP contribution >= 0.6 is 11.6 Å². The highest BCUT2D eigenvalue weighted by molar-refractivity contribution is 6.32. The van der Waals surface area contributed by atoms with Gasteiger partial charge in [-0.05, 0) is 30.4 Å². The van der Waals surface area contributed by atoms with E-state index in [-0.39, 0.29) is 11.5 Å². The summed E-state index contributed by atoms with van der Waals surface area (Å²) < 4.78 is 0. The third-order valence-electron chi connectivity index (χ3n) is 3.69. The van der Waals surface area contributed by atoms with E-state index in [0.717, 1.165) is 24.1 Å². The molecule has 0 aliphatic heterocycles. The number of rotatable bonds is 1. The third kappa shape index (κ3) is 2.41. The Bertz CT molecular complexity index is 654. The van der Waals surface area contributed by atoms with E-state index in [4.69, 9.17) is 17.3 Å². The van der Waals surface area contributed by atoms with E-state index in [2.05, 4.69) is 28.8 Å². The molecule has 0 amide bonds. The van der Waals surface area contributed by atoms with Gasteiger partial charge in [-0.1, -0.05) is 25.4 Å². The van der Waals surface area contributed by atoms with Gasteiger partial charge >= 0.3 is 0 Å². The van der Waals surface area contributed by atoms with Crippen molar-refractivity contribution in [3.05, 3.63) is 40.8 Å². The van der Waals surface area contributed by atoms with Gasteiger partial charge in [0.2, 0.25) is 0 Å². The van der Waals surface area contributed by atoms with Crippen molar-refractivity contribution in [2.45, 2.75) is 32.7 Å². The molecule has 2 N–H and O–H groups in total. The first-order chi connectivity index (χ1) is 9.46. The Kier molecular flexibility index (Phi) is 3.22. The highest BCUT2D eigenvalue weighted by Gasteiger charge is 2.32. The van der Waals surface area contributed by atoms with Crippen LogP contribution in [0.15, 0.2) is 24.5 Å². The molecule has 2 aromatic heterocycles. The van der Waals surface area contributed by atoms with Gasteiger partial charge in [-0.25, -0.2) is 9.97 Å². The second-order valence-electron chi connectivity index (χ2n) is 6.08. The van der Waals surface area contributed by atoms with Crippen LogP contribution in [0.1, 0.15) is 37.6 Å². The van der Waals surface area contributed by atoms with Gasteiger partial charge in [0.05, 0.1) is 5.02 Å². The number of hydrogen-bond acceptors (Lipinski definition) is 4. The molecule has 1 atom stereocenters. The van der Waals surface area contributed by atoms with Crippen molar-refractivity contribution >= 4 is 11.6 Å².